The van der Waals surface area contributed by atoms with Crippen molar-refractivity contribution in [3.8, 4) is 0 Å². The molecule has 0 unspecified atom stereocenters. The first-order valence-corrected chi connectivity index (χ1v) is 11.6. The highest BCUT2D eigenvalue weighted by molar-refractivity contribution is 5.39. The van der Waals surface area contributed by atoms with Crippen LogP contribution in [0.2, 0.25) is 0 Å². The van der Waals surface area contributed by atoms with Gasteiger partial charge in [0.2, 0.25) is 0 Å². The third-order valence-corrected chi connectivity index (χ3v) is 9.29. The zero-order valence-corrected chi connectivity index (χ0v) is 18.4. The molecule has 0 heterocycles. The SMILES string of the molecule is C[C@H](CCCN(C)C)[C@H]1CC[C@H]2[C@@H]3C=CC4=CC=CC[C@]4(C)[C@H]3CC[C@]12C. The smallest absolute Gasteiger partial charge is 0.000690 e. The van der Waals surface area contributed by atoms with Crippen LogP contribution in [0.1, 0.15) is 65.7 Å². The van der Waals surface area contributed by atoms with Crippen LogP contribution in [0.5, 0.6) is 0 Å². The number of hydrogen-bond acceptors (Lipinski definition) is 1. The van der Waals surface area contributed by atoms with E-state index in [-0.39, 0.29) is 0 Å². The lowest BCUT2D eigenvalue weighted by atomic mass is 9.48. The second kappa shape index (κ2) is 7.21. The molecule has 0 aromatic rings. The molecule has 0 saturated heterocycles. The molecular weight excluding hydrogens is 326 g/mol. The van der Waals surface area contributed by atoms with Crippen molar-refractivity contribution in [3.63, 3.8) is 0 Å². The Morgan fingerprint density at radius 3 is 2.74 bits per heavy atom. The second-order valence-electron chi connectivity index (χ2n) is 11.0. The largest absolute Gasteiger partial charge is 0.309 e. The molecule has 1 heteroatoms. The van der Waals surface area contributed by atoms with Crippen LogP contribution in [0, 0.1) is 40.4 Å². The van der Waals surface area contributed by atoms with Crippen molar-refractivity contribution in [1.29, 1.82) is 0 Å². The van der Waals surface area contributed by atoms with Crippen LogP contribution in [0.3, 0.4) is 0 Å². The predicted molar refractivity (Wildman–Crippen MR) is 117 cm³/mol. The molecule has 0 aromatic heterocycles. The Balaban J connectivity index is 1.51. The van der Waals surface area contributed by atoms with Gasteiger partial charge in [-0.2, -0.15) is 0 Å². The molecule has 2 saturated carbocycles. The first-order valence-electron chi connectivity index (χ1n) is 11.6. The molecule has 2 fully saturated rings. The molecule has 0 radical (unpaired) electrons. The highest BCUT2D eigenvalue weighted by atomic mass is 15.0. The standard InChI is InChI=1S/C26H41N/c1-19(9-8-18-27(4)5)22-13-14-23-21-12-11-20-10-6-7-16-25(20,2)24(21)15-17-26(22,23)3/h6-7,10-12,19,21-24H,8-9,13-18H2,1-5H3/t19-,21+,22-,23+,24+,25+,26-/m1/s1. The van der Waals surface area contributed by atoms with Gasteiger partial charge >= 0.3 is 0 Å². The van der Waals surface area contributed by atoms with Crippen LogP contribution >= 0.6 is 0 Å². The number of hydrogen-bond donors (Lipinski definition) is 0. The van der Waals surface area contributed by atoms with Crippen molar-refractivity contribution in [2.45, 2.75) is 65.7 Å². The van der Waals surface area contributed by atoms with E-state index in [1.807, 2.05) is 0 Å². The zero-order valence-electron chi connectivity index (χ0n) is 18.4. The highest BCUT2D eigenvalue weighted by Crippen LogP contribution is 2.66. The lowest BCUT2D eigenvalue weighted by molar-refractivity contribution is -0.0222. The fourth-order valence-electron chi connectivity index (χ4n) is 7.73. The van der Waals surface area contributed by atoms with Crippen molar-refractivity contribution in [2.75, 3.05) is 20.6 Å². The Bertz CT molecular complexity index is 641. The van der Waals surface area contributed by atoms with Gasteiger partial charge in [-0.05, 0) is 112 Å². The Morgan fingerprint density at radius 2 is 1.96 bits per heavy atom. The molecule has 0 aliphatic heterocycles. The summed E-state index contributed by atoms with van der Waals surface area (Å²) in [6.07, 6.45) is 22.1. The normalized spacial score (nSPS) is 43.9. The molecule has 4 aliphatic rings. The van der Waals surface area contributed by atoms with Gasteiger partial charge in [-0.15, -0.1) is 0 Å². The van der Waals surface area contributed by atoms with Gasteiger partial charge < -0.3 is 4.90 Å². The fourth-order valence-corrected chi connectivity index (χ4v) is 7.73. The van der Waals surface area contributed by atoms with Crippen molar-refractivity contribution >= 4 is 0 Å². The van der Waals surface area contributed by atoms with Crippen LogP contribution in [0.25, 0.3) is 0 Å². The topological polar surface area (TPSA) is 3.24 Å². The molecule has 4 aliphatic carbocycles. The lowest BCUT2D eigenvalue weighted by Crippen LogP contribution is -2.48. The molecule has 7 atom stereocenters. The second-order valence-corrected chi connectivity index (χ2v) is 11.0. The number of fused-ring (bicyclic) bond motifs is 5. The minimum atomic E-state index is 0.394. The maximum Gasteiger partial charge on any atom is -0.000690 e. The van der Waals surface area contributed by atoms with Crippen molar-refractivity contribution < 1.29 is 0 Å². The molecule has 4 rings (SSSR count). The van der Waals surface area contributed by atoms with Gasteiger partial charge in [0.05, 0.1) is 0 Å². The number of rotatable bonds is 5. The van der Waals surface area contributed by atoms with Gasteiger partial charge in [-0.25, -0.2) is 0 Å². The summed E-state index contributed by atoms with van der Waals surface area (Å²) in [5.41, 5.74) is 2.57. The molecule has 0 aromatic carbocycles. The minimum absolute atomic E-state index is 0.394. The van der Waals surface area contributed by atoms with Crippen LogP contribution < -0.4 is 0 Å². The minimum Gasteiger partial charge on any atom is -0.309 e. The van der Waals surface area contributed by atoms with E-state index in [0.29, 0.717) is 10.8 Å². The van der Waals surface area contributed by atoms with E-state index < -0.39 is 0 Å². The summed E-state index contributed by atoms with van der Waals surface area (Å²) in [6, 6.07) is 0. The van der Waals surface area contributed by atoms with Crippen LogP contribution in [-0.2, 0) is 0 Å². The monoisotopic (exact) mass is 367 g/mol. The van der Waals surface area contributed by atoms with E-state index in [4.69, 9.17) is 0 Å². The summed E-state index contributed by atoms with van der Waals surface area (Å²) >= 11 is 0. The average molecular weight is 368 g/mol. The van der Waals surface area contributed by atoms with Gasteiger partial charge in [0, 0.05) is 0 Å². The Kier molecular flexibility index (Phi) is 5.21. The Morgan fingerprint density at radius 1 is 1.15 bits per heavy atom. The molecule has 0 amide bonds. The number of allylic oxidation sites excluding steroid dienone is 6. The molecule has 0 spiro atoms. The van der Waals surface area contributed by atoms with E-state index in [0.717, 1.165) is 29.6 Å². The van der Waals surface area contributed by atoms with E-state index in [1.165, 1.54) is 51.5 Å². The average Bonchev–Trinajstić information content (AvgIpc) is 2.98. The number of nitrogens with zero attached hydrogens (tertiary/aromatic N) is 1. The fraction of sp³-hybridized carbons (Fsp3) is 0.769. The van der Waals surface area contributed by atoms with E-state index in [1.54, 1.807) is 5.57 Å². The van der Waals surface area contributed by atoms with E-state index in [9.17, 15) is 0 Å². The van der Waals surface area contributed by atoms with Gasteiger partial charge in [0.1, 0.15) is 0 Å². The van der Waals surface area contributed by atoms with Gasteiger partial charge in [-0.3, -0.25) is 0 Å². The Labute approximate surface area is 168 Å². The summed E-state index contributed by atoms with van der Waals surface area (Å²) in [5, 5.41) is 0. The summed E-state index contributed by atoms with van der Waals surface area (Å²) in [6.45, 7) is 9.04. The van der Waals surface area contributed by atoms with Crippen molar-refractivity contribution in [3.05, 3.63) is 36.0 Å². The molecule has 150 valence electrons. The van der Waals surface area contributed by atoms with Crippen LogP contribution in [0.4, 0.5) is 0 Å². The van der Waals surface area contributed by atoms with E-state index in [2.05, 4.69) is 70.1 Å². The summed E-state index contributed by atoms with van der Waals surface area (Å²) < 4.78 is 0. The first-order chi connectivity index (χ1) is 12.9. The molecule has 0 N–H and O–H groups in total. The molecule has 0 bridgehead atoms. The maximum absolute atomic E-state index is 2.68. The third-order valence-electron chi connectivity index (χ3n) is 9.29. The van der Waals surface area contributed by atoms with Crippen molar-refractivity contribution in [2.24, 2.45) is 40.4 Å². The van der Waals surface area contributed by atoms with Crippen LogP contribution in [0.15, 0.2) is 36.0 Å². The summed E-state index contributed by atoms with van der Waals surface area (Å²) in [5.74, 6) is 4.41. The maximum atomic E-state index is 2.68. The zero-order chi connectivity index (χ0) is 19.2. The molecule has 1 nitrogen and oxygen atoms in total. The lowest BCUT2D eigenvalue weighted by Gasteiger charge is -2.56. The van der Waals surface area contributed by atoms with Crippen molar-refractivity contribution in [1.82, 2.24) is 4.90 Å². The molecule has 27 heavy (non-hydrogen) atoms. The first kappa shape index (κ1) is 19.5. The highest BCUT2D eigenvalue weighted by Gasteiger charge is 2.57. The molecular formula is C26H41N. The van der Waals surface area contributed by atoms with Gasteiger partial charge in [0.25, 0.3) is 0 Å². The quantitative estimate of drug-likeness (QED) is 0.537. The third kappa shape index (κ3) is 3.18. The predicted octanol–water partition coefficient (Wildman–Crippen LogP) is 6.49. The summed E-state index contributed by atoms with van der Waals surface area (Å²) in [4.78, 5) is 2.34. The summed E-state index contributed by atoms with van der Waals surface area (Å²) in [7, 11) is 4.41. The Hall–Kier alpha value is -0.820. The van der Waals surface area contributed by atoms with E-state index >= 15 is 0 Å². The van der Waals surface area contributed by atoms with Gasteiger partial charge in [-0.1, -0.05) is 51.2 Å². The van der Waals surface area contributed by atoms with Crippen LogP contribution in [-0.4, -0.2) is 25.5 Å². The van der Waals surface area contributed by atoms with Gasteiger partial charge in [0.15, 0.2) is 0 Å².